The van der Waals surface area contributed by atoms with Crippen LogP contribution in [-0.4, -0.2) is 0 Å². The van der Waals surface area contributed by atoms with E-state index in [2.05, 4.69) is 12.3 Å². The van der Waals surface area contributed by atoms with Crippen molar-refractivity contribution in [1.82, 2.24) is 0 Å². The van der Waals surface area contributed by atoms with Gasteiger partial charge in [0.15, 0.2) is 0 Å². The Morgan fingerprint density at radius 1 is 1.33 bits per heavy atom. The molecule has 2 rings (SSSR count). The molecular formula is C17H20O. The van der Waals surface area contributed by atoms with Crippen LogP contribution in [0.15, 0.2) is 35.3 Å². The van der Waals surface area contributed by atoms with Gasteiger partial charge in [0, 0.05) is 5.56 Å². The van der Waals surface area contributed by atoms with Gasteiger partial charge >= 0.3 is 0 Å². The molecule has 0 saturated carbocycles. The molecule has 1 aliphatic rings. The molecule has 0 aromatic carbocycles. The maximum absolute atomic E-state index is 5.83. The monoisotopic (exact) mass is 240 g/mol. The van der Waals surface area contributed by atoms with Gasteiger partial charge < -0.3 is 4.42 Å². The molecule has 0 bridgehead atoms. The zero-order valence-corrected chi connectivity index (χ0v) is 11.6. The van der Waals surface area contributed by atoms with Crippen LogP contribution >= 0.6 is 0 Å². The van der Waals surface area contributed by atoms with Gasteiger partial charge in [-0.05, 0) is 31.6 Å². The van der Waals surface area contributed by atoms with E-state index in [0.29, 0.717) is 0 Å². The minimum atomic E-state index is 0.844. The van der Waals surface area contributed by atoms with Crippen LogP contribution in [0.4, 0.5) is 0 Å². The summed E-state index contributed by atoms with van der Waals surface area (Å²) in [4.78, 5) is 0. The van der Waals surface area contributed by atoms with E-state index in [1.807, 2.05) is 64.2 Å². The highest BCUT2D eigenvalue weighted by atomic mass is 16.3. The Hall–Kier alpha value is -1.98. The minimum Gasteiger partial charge on any atom is -0.455 e. The Labute approximate surface area is 109 Å². The first-order valence-electron chi connectivity index (χ1n) is 6.30. The third-order valence-corrected chi connectivity index (χ3v) is 2.65. The second-order valence-electron chi connectivity index (χ2n) is 3.62. The predicted octanol–water partition coefficient (Wildman–Crippen LogP) is 3.66. The number of allylic oxidation sites excluding steroid dienone is 5. The lowest BCUT2D eigenvalue weighted by Crippen LogP contribution is -2.19. The summed E-state index contributed by atoms with van der Waals surface area (Å²) in [6.07, 6.45) is 11.6. The van der Waals surface area contributed by atoms with Gasteiger partial charge in [-0.15, -0.1) is 5.73 Å². The summed E-state index contributed by atoms with van der Waals surface area (Å²) in [7, 11) is 0. The van der Waals surface area contributed by atoms with Crippen LogP contribution < -0.4 is 10.6 Å². The lowest BCUT2D eigenvalue weighted by Gasteiger charge is -1.95. The van der Waals surface area contributed by atoms with Crippen LogP contribution in [0.3, 0.4) is 0 Å². The Morgan fingerprint density at radius 3 is 2.67 bits per heavy atom. The summed E-state index contributed by atoms with van der Waals surface area (Å²) in [6, 6.07) is 0. The topological polar surface area (TPSA) is 13.1 Å². The van der Waals surface area contributed by atoms with Gasteiger partial charge in [0.05, 0.1) is 5.22 Å². The van der Waals surface area contributed by atoms with E-state index in [1.165, 1.54) is 0 Å². The second kappa shape index (κ2) is 6.68. The Morgan fingerprint density at radius 2 is 2.06 bits per heavy atom. The molecule has 0 radical (unpaired) electrons. The van der Waals surface area contributed by atoms with Crippen molar-refractivity contribution in [2.45, 2.75) is 27.7 Å². The highest BCUT2D eigenvalue weighted by Crippen LogP contribution is 2.15. The van der Waals surface area contributed by atoms with Crippen LogP contribution in [0, 0.1) is 0 Å². The summed E-state index contributed by atoms with van der Waals surface area (Å²) in [5.74, 6) is 0.884. The van der Waals surface area contributed by atoms with Crippen molar-refractivity contribution in [3.63, 3.8) is 0 Å². The van der Waals surface area contributed by atoms with Crippen molar-refractivity contribution in [3.8, 4) is 0 Å². The van der Waals surface area contributed by atoms with Gasteiger partial charge in [0.25, 0.3) is 0 Å². The van der Waals surface area contributed by atoms with Crippen molar-refractivity contribution in [1.29, 1.82) is 0 Å². The quantitative estimate of drug-likeness (QED) is 0.769. The lowest BCUT2D eigenvalue weighted by atomic mass is 10.1. The minimum absolute atomic E-state index is 0.844. The van der Waals surface area contributed by atoms with Gasteiger partial charge in [0.2, 0.25) is 0 Å². The molecule has 0 spiro atoms. The summed E-state index contributed by atoms with van der Waals surface area (Å²) in [5, 5.41) is 0.983. The molecule has 94 valence electrons. The van der Waals surface area contributed by atoms with E-state index in [4.69, 9.17) is 4.42 Å². The molecule has 0 unspecified atom stereocenters. The number of hydrogen-bond acceptors (Lipinski definition) is 1. The van der Waals surface area contributed by atoms with Gasteiger partial charge in [-0.3, -0.25) is 0 Å². The van der Waals surface area contributed by atoms with Crippen LogP contribution in [0.2, 0.25) is 0 Å². The second-order valence-corrected chi connectivity index (χ2v) is 3.62. The molecule has 1 nitrogen and oxygen atoms in total. The third-order valence-electron chi connectivity index (χ3n) is 2.65. The van der Waals surface area contributed by atoms with Crippen LogP contribution in [-0.2, 0) is 0 Å². The Bertz CT molecular complexity index is 630. The standard InChI is InChI=1S/C15H14O.C2H6/c1-4-11(3)15-12(5-2)13-9-7-6-8-10-14(13)16-15;1-2/h4-8,10H,2H2,1,3H3;1-2H3/b11-4-;. The first kappa shape index (κ1) is 14.1. The molecule has 18 heavy (non-hydrogen) atoms. The van der Waals surface area contributed by atoms with E-state index in [-0.39, 0.29) is 0 Å². The van der Waals surface area contributed by atoms with Crippen LogP contribution in [0.1, 0.15) is 39.0 Å². The van der Waals surface area contributed by atoms with Gasteiger partial charge in [-0.1, -0.05) is 44.7 Å². The predicted molar refractivity (Wildman–Crippen MR) is 80.3 cm³/mol. The summed E-state index contributed by atoms with van der Waals surface area (Å²) in [6.45, 7) is 11.9. The number of furan rings is 1. The van der Waals surface area contributed by atoms with Crippen molar-refractivity contribution < 1.29 is 4.42 Å². The molecule has 1 heterocycles. The summed E-state index contributed by atoms with van der Waals surface area (Å²) in [5.41, 5.74) is 6.18. The largest absolute Gasteiger partial charge is 0.455 e. The maximum Gasteiger partial charge on any atom is 0.143 e. The molecule has 0 aliphatic heterocycles. The van der Waals surface area contributed by atoms with E-state index in [9.17, 15) is 0 Å². The van der Waals surface area contributed by atoms with E-state index in [0.717, 1.165) is 27.5 Å². The number of hydrogen-bond donors (Lipinski definition) is 0. The first-order valence-corrected chi connectivity index (χ1v) is 6.30. The SMILES string of the molecule is C=Cc1c(/C(C)=C\C)oc2c1=C=CC=CC=2.CC. The molecule has 1 heteroatoms. The fourth-order valence-electron chi connectivity index (χ4n) is 1.68. The third kappa shape index (κ3) is 2.64. The molecule has 1 aliphatic carbocycles. The van der Waals surface area contributed by atoms with Gasteiger partial charge in [-0.25, -0.2) is 0 Å². The normalized spacial score (nSPS) is 12.6. The van der Waals surface area contributed by atoms with E-state index in [1.54, 1.807) is 0 Å². The van der Waals surface area contributed by atoms with Crippen molar-refractivity contribution >= 4 is 23.5 Å². The number of fused-ring (bicyclic) bond motifs is 1. The first-order chi connectivity index (χ1) is 8.77. The van der Waals surface area contributed by atoms with Gasteiger partial charge in [0.1, 0.15) is 11.2 Å². The number of rotatable bonds is 2. The molecule has 0 N–H and O–H groups in total. The molecule has 0 amide bonds. The zero-order chi connectivity index (χ0) is 13.5. The highest BCUT2D eigenvalue weighted by molar-refractivity contribution is 5.70. The smallest absolute Gasteiger partial charge is 0.143 e. The van der Waals surface area contributed by atoms with Crippen molar-refractivity contribution in [3.05, 3.63) is 52.8 Å². The van der Waals surface area contributed by atoms with Crippen molar-refractivity contribution in [2.75, 3.05) is 0 Å². The molecule has 1 aromatic rings. The van der Waals surface area contributed by atoms with Crippen LogP contribution in [0.5, 0.6) is 0 Å². The lowest BCUT2D eigenvalue weighted by molar-refractivity contribution is 0.518. The Kier molecular flexibility index (Phi) is 5.23. The zero-order valence-electron chi connectivity index (χ0n) is 11.6. The van der Waals surface area contributed by atoms with E-state index >= 15 is 0 Å². The van der Waals surface area contributed by atoms with Crippen molar-refractivity contribution in [2.24, 2.45) is 0 Å². The summed E-state index contributed by atoms with van der Waals surface area (Å²) < 4.78 is 5.83. The average Bonchev–Trinajstić information content (AvgIpc) is 2.61. The molecule has 0 atom stereocenters. The molecule has 0 saturated heterocycles. The highest BCUT2D eigenvalue weighted by Gasteiger charge is 2.09. The van der Waals surface area contributed by atoms with Gasteiger partial charge in [-0.2, -0.15) is 0 Å². The molecule has 1 aromatic heterocycles. The Balaban J connectivity index is 0.000000771. The molecular weight excluding hydrogens is 220 g/mol. The summed E-state index contributed by atoms with van der Waals surface area (Å²) >= 11 is 0. The maximum atomic E-state index is 5.83. The van der Waals surface area contributed by atoms with E-state index < -0.39 is 0 Å². The fourth-order valence-corrected chi connectivity index (χ4v) is 1.68. The molecule has 0 fully saturated rings. The average molecular weight is 240 g/mol. The van der Waals surface area contributed by atoms with Crippen LogP contribution in [0.25, 0.3) is 23.5 Å². The fraction of sp³-hybridized carbons (Fsp3) is 0.235.